The summed E-state index contributed by atoms with van der Waals surface area (Å²) >= 11 is 6.13. The van der Waals surface area contributed by atoms with E-state index in [-0.39, 0.29) is 33.1 Å². The Morgan fingerprint density at radius 2 is 1.61 bits per heavy atom. The molecule has 1 N–H and O–H groups in total. The van der Waals surface area contributed by atoms with E-state index in [0.717, 1.165) is 0 Å². The highest BCUT2D eigenvalue weighted by atomic mass is 35.5. The zero-order valence-corrected chi connectivity index (χ0v) is 19.5. The van der Waals surface area contributed by atoms with E-state index >= 15 is 0 Å². The Hall–Kier alpha value is -2.22. The number of likely N-dealkylation sites (tertiary alicyclic amines) is 1. The molecule has 0 aromatic heterocycles. The minimum Gasteiger partial charge on any atom is -0.339 e. The van der Waals surface area contributed by atoms with Gasteiger partial charge in [0.2, 0.25) is 10.0 Å². The Morgan fingerprint density at radius 1 is 1.00 bits per heavy atom. The van der Waals surface area contributed by atoms with E-state index in [1.807, 2.05) is 18.2 Å². The topological polar surface area (TPSA) is 83.6 Å². The molecular weight excluding hydrogens is 436 g/mol. The van der Waals surface area contributed by atoms with Crippen molar-refractivity contribution in [1.82, 2.24) is 9.62 Å². The van der Waals surface area contributed by atoms with Gasteiger partial charge in [0.25, 0.3) is 5.91 Å². The maximum atomic E-state index is 13.0. The highest BCUT2D eigenvalue weighted by Crippen LogP contribution is 2.27. The average molecular weight is 463 g/mol. The van der Waals surface area contributed by atoms with Gasteiger partial charge in [-0.25, -0.2) is 13.1 Å². The van der Waals surface area contributed by atoms with Crippen molar-refractivity contribution in [2.75, 3.05) is 13.1 Å². The Morgan fingerprint density at radius 3 is 2.19 bits per heavy atom. The fourth-order valence-corrected chi connectivity index (χ4v) is 5.61. The predicted octanol–water partition coefficient (Wildman–Crippen LogP) is 4.15. The number of carbonyl (C=O) groups excluding carboxylic acids is 2. The van der Waals surface area contributed by atoms with Gasteiger partial charge >= 0.3 is 0 Å². The molecule has 0 bridgehead atoms. The Balaban J connectivity index is 1.72. The molecule has 166 valence electrons. The van der Waals surface area contributed by atoms with Crippen molar-refractivity contribution in [3.8, 4) is 0 Å². The van der Waals surface area contributed by atoms with Crippen molar-refractivity contribution in [3.63, 3.8) is 0 Å². The number of ketones is 1. The second kappa shape index (κ2) is 9.10. The summed E-state index contributed by atoms with van der Waals surface area (Å²) in [7, 11) is -3.88. The quantitative estimate of drug-likeness (QED) is 0.676. The monoisotopic (exact) mass is 462 g/mol. The number of hydrogen-bond acceptors (Lipinski definition) is 4. The summed E-state index contributed by atoms with van der Waals surface area (Å²) < 4.78 is 28.0. The van der Waals surface area contributed by atoms with Crippen LogP contribution in [0.5, 0.6) is 0 Å². The molecule has 0 unspecified atom stereocenters. The number of amides is 1. The maximum absolute atomic E-state index is 13.0. The molecule has 6 nitrogen and oxygen atoms in total. The van der Waals surface area contributed by atoms with E-state index in [9.17, 15) is 18.0 Å². The number of carbonyl (C=O) groups is 2. The lowest BCUT2D eigenvalue weighted by Crippen LogP contribution is -2.41. The van der Waals surface area contributed by atoms with Crippen molar-refractivity contribution >= 4 is 33.3 Å². The van der Waals surface area contributed by atoms with Crippen LogP contribution in [-0.2, 0) is 10.0 Å². The average Bonchev–Trinajstić information content (AvgIpc) is 2.72. The standard InChI is InChI=1S/C23H27ClN2O4S/c1-23(2,3)25-31(29,30)20-15-18(9-10-19(20)24)22(28)26-13-11-17(12-14-26)21(27)16-7-5-4-6-8-16/h4-10,15,17,25H,11-14H2,1-3H3. The zero-order chi connectivity index (χ0) is 22.8. The Labute approximate surface area is 188 Å². The van der Waals surface area contributed by atoms with Gasteiger partial charge in [0.1, 0.15) is 4.90 Å². The molecule has 8 heteroatoms. The summed E-state index contributed by atoms with van der Waals surface area (Å²) in [6.07, 6.45) is 1.15. The molecule has 2 aromatic rings. The zero-order valence-electron chi connectivity index (χ0n) is 17.9. The van der Waals surface area contributed by atoms with Crippen LogP contribution in [0.2, 0.25) is 5.02 Å². The van der Waals surface area contributed by atoms with Crippen LogP contribution in [0.1, 0.15) is 54.3 Å². The van der Waals surface area contributed by atoms with E-state index in [1.54, 1.807) is 37.8 Å². The molecule has 1 heterocycles. The van der Waals surface area contributed by atoms with Gasteiger partial charge < -0.3 is 4.90 Å². The van der Waals surface area contributed by atoms with Crippen molar-refractivity contribution in [2.45, 2.75) is 44.0 Å². The first-order valence-corrected chi connectivity index (χ1v) is 12.1. The maximum Gasteiger partial charge on any atom is 0.253 e. The van der Waals surface area contributed by atoms with E-state index in [0.29, 0.717) is 31.5 Å². The number of nitrogens with one attached hydrogen (secondary N) is 1. The second-order valence-electron chi connectivity index (χ2n) is 8.80. The lowest BCUT2D eigenvalue weighted by atomic mass is 9.88. The molecule has 0 atom stereocenters. The molecule has 3 rings (SSSR count). The highest BCUT2D eigenvalue weighted by Gasteiger charge is 2.30. The van der Waals surface area contributed by atoms with Crippen LogP contribution >= 0.6 is 11.6 Å². The minimum absolute atomic E-state index is 0.0560. The van der Waals surface area contributed by atoms with Crippen molar-refractivity contribution < 1.29 is 18.0 Å². The lowest BCUT2D eigenvalue weighted by Gasteiger charge is -2.31. The van der Waals surface area contributed by atoms with Gasteiger partial charge in [-0.15, -0.1) is 0 Å². The van der Waals surface area contributed by atoms with Crippen molar-refractivity contribution in [3.05, 3.63) is 64.7 Å². The van der Waals surface area contributed by atoms with Crippen LogP contribution in [0.3, 0.4) is 0 Å². The fourth-order valence-electron chi connectivity index (χ4n) is 3.67. The Bertz CT molecular complexity index is 1070. The van der Waals surface area contributed by atoms with E-state index < -0.39 is 15.6 Å². The third-order valence-electron chi connectivity index (χ3n) is 5.12. The molecule has 31 heavy (non-hydrogen) atoms. The van der Waals surface area contributed by atoms with E-state index in [4.69, 9.17) is 11.6 Å². The van der Waals surface area contributed by atoms with Gasteiger partial charge in [-0.2, -0.15) is 0 Å². The summed E-state index contributed by atoms with van der Waals surface area (Å²) in [5.41, 5.74) is 0.257. The third kappa shape index (κ3) is 5.73. The van der Waals surface area contributed by atoms with Gasteiger partial charge in [0.15, 0.2) is 5.78 Å². The molecule has 1 aliphatic rings. The Kier molecular flexibility index (Phi) is 6.88. The van der Waals surface area contributed by atoms with Crippen molar-refractivity contribution in [2.24, 2.45) is 5.92 Å². The molecule has 0 aliphatic carbocycles. The number of halogens is 1. The van der Waals surface area contributed by atoms with Gasteiger partial charge in [-0.3, -0.25) is 9.59 Å². The largest absolute Gasteiger partial charge is 0.339 e. The smallest absolute Gasteiger partial charge is 0.253 e. The van der Waals surface area contributed by atoms with Gasteiger partial charge in [-0.05, 0) is 51.8 Å². The molecule has 0 radical (unpaired) electrons. The van der Waals surface area contributed by atoms with E-state index in [2.05, 4.69) is 4.72 Å². The number of rotatable bonds is 5. The summed E-state index contributed by atoms with van der Waals surface area (Å²) in [5, 5.41) is 0.0560. The molecule has 1 saturated heterocycles. The first kappa shape index (κ1) is 23.4. The lowest BCUT2D eigenvalue weighted by molar-refractivity contribution is 0.0650. The molecule has 1 aliphatic heterocycles. The summed E-state index contributed by atoms with van der Waals surface area (Å²) in [4.78, 5) is 27.2. The van der Waals surface area contributed by atoms with Crippen LogP contribution in [0, 0.1) is 5.92 Å². The number of sulfonamides is 1. The number of piperidine rings is 1. The summed E-state index contributed by atoms with van der Waals surface area (Å²) in [6.45, 7) is 6.07. The first-order chi connectivity index (χ1) is 14.5. The van der Waals surface area contributed by atoms with Gasteiger partial charge in [0.05, 0.1) is 5.02 Å². The molecule has 0 saturated carbocycles. The van der Waals surface area contributed by atoms with Crippen LogP contribution < -0.4 is 4.72 Å². The summed E-state index contributed by atoms with van der Waals surface area (Å²) in [6, 6.07) is 13.4. The number of hydrogen-bond donors (Lipinski definition) is 1. The van der Waals surface area contributed by atoms with E-state index in [1.165, 1.54) is 18.2 Å². The number of nitrogens with zero attached hydrogens (tertiary/aromatic N) is 1. The minimum atomic E-state index is -3.88. The van der Waals surface area contributed by atoms with Crippen LogP contribution in [-0.4, -0.2) is 43.6 Å². The number of Topliss-reactive ketones (excluding diaryl/α,β-unsaturated/α-hetero) is 1. The fraction of sp³-hybridized carbons (Fsp3) is 0.391. The molecule has 1 amide bonds. The third-order valence-corrected chi connectivity index (χ3v) is 7.36. The van der Waals surface area contributed by atoms with Gasteiger partial charge in [-0.1, -0.05) is 41.9 Å². The molecule has 1 fully saturated rings. The van der Waals surface area contributed by atoms with Crippen LogP contribution in [0.25, 0.3) is 0 Å². The van der Waals surface area contributed by atoms with Crippen molar-refractivity contribution in [1.29, 1.82) is 0 Å². The van der Waals surface area contributed by atoms with Crippen LogP contribution in [0.4, 0.5) is 0 Å². The normalized spacial score (nSPS) is 15.7. The van der Waals surface area contributed by atoms with Crippen LogP contribution in [0.15, 0.2) is 53.4 Å². The molecule has 2 aromatic carbocycles. The SMILES string of the molecule is CC(C)(C)NS(=O)(=O)c1cc(C(=O)N2CCC(C(=O)c3ccccc3)CC2)ccc1Cl. The molecule has 0 spiro atoms. The molecular formula is C23H27ClN2O4S. The first-order valence-electron chi connectivity index (χ1n) is 10.2. The number of benzene rings is 2. The second-order valence-corrected chi connectivity index (χ2v) is 10.9. The van der Waals surface area contributed by atoms with Gasteiger partial charge in [0, 0.05) is 35.7 Å². The highest BCUT2D eigenvalue weighted by molar-refractivity contribution is 7.89. The predicted molar refractivity (Wildman–Crippen MR) is 121 cm³/mol. The summed E-state index contributed by atoms with van der Waals surface area (Å²) in [5.74, 6) is -0.293.